The van der Waals surface area contributed by atoms with E-state index >= 15 is 0 Å². The Labute approximate surface area is 216 Å². The molecule has 3 saturated carbocycles. The van der Waals surface area contributed by atoms with Gasteiger partial charge >= 0.3 is 5.97 Å². The molecular weight excluding hydrogens is 539 g/mol. The first kappa shape index (κ1) is 24.1. The van der Waals surface area contributed by atoms with Gasteiger partial charge in [0.05, 0.1) is 10.7 Å². The Morgan fingerprint density at radius 3 is 2.59 bits per heavy atom. The molecule has 0 N–H and O–H groups in total. The fraction of sp³-hybridized carbons (Fsp3) is 0.586. The second-order valence-electron chi connectivity index (χ2n) is 11.3. The summed E-state index contributed by atoms with van der Waals surface area (Å²) >= 11 is 2.29. The molecule has 0 heterocycles. The third-order valence-corrected chi connectivity index (χ3v) is 10.4. The van der Waals surface area contributed by atoms with Crippen molar-refractivity contribution in [3.63, 3.8) is 0 Å². The number of hydrogen-bond acceptors (Lipinski definition) is 4. The number of methoxy groups -OCH3 is 1. The Morgan fingerprint density at radius 2 is 1.88 bits per heavy atom. The summed E-state index contributed by atoms with van der Waals surface area (Å²) in [5.74, 6) is 2.61. The van der Waals surface area contributed by atoms with Crippen molar-refractivity contribution >= 4 is 40.4 Å². The smallest absolute Gasteiger partial charge is 0.302 e. The summed E-state index contributed by atoms with van der Waals surface area (Å²) in [6.45, 7) is 6.18. The number of carbonyl (C=O) groups excluding carboxylic acids is 2. The molecule has 4 aliphatic carbocycles. The molecule has 182 valence electrons. The van der Waals surface area contributed by atoms with Gasteiger partial charge in [0, 0.05) is 18.8 Å². The molecule has 3 fully saturated rings. The van der Waals surface area contributed by atoms with Gasteiger partial charge in [0.2, 0.25) is 0 Å². The van der Waals surface area contributed by atoms with E-state index < -0.39 is 0 Å². The molecule has 34 heavy (non-hydrogen) atoms. The molecule has 0 spiro atoms. The first-order valence-electron chi connectivity index (χ1n) is 12.6. The number of benzene rings is 1. The third kappa shape index (κ3) is 3.86. The molecule has 0 aromatic heterocycles. The van der Waals surface area contributed by atoms with Crippen LogP contribution in [0.3, 0.4) is 0 Å². The quantitative estimate of drug-likeness (QED) is 0.173. The van der Waals surface area contributed by atoms with Crippen molar-refractivity contribution in [2.24, 2.45) is 28.6 Å². The summed E-state index contributed by atoms with van der Waals surface area (Å²) in [6, 6.07) is 6.14. The van der Waals surface area contributed by atoms with Crippen molar-refractivity contribution in [2.45, 2.75) is 71.8 Å². The van der Waals surface area contributed by atoms with Crippen molar-refractivity contribution in [2.75, 3.05) is 7.11 Å². The maximum absolute atomic E-state index is 13.7. The Kier molecular flexibility index (Phi) is 6.23. The molecule has 0 saturated heterocycles. The molecule has 4 aliphatic rings. The van der Waals surface area contributed by atoms with Gasteiger partial charge in [-0.15, -0.1) is 0 Å². The van der Waals surface area contributed by atoms with E-state index in [2.05, 4.69) is 54.7 Å². The van der Waals surface area contributed by atoms with Gasteiger partial charge in [-0.2, -0.15) is 0 Å². The Hall–Kier alpha value is -1.63. The standard InChI is InChI=1S/C29H35IO4/c1-17(31)34-21-9-11-28(2)20(16-21)6-7-22-23(28)10-12-29(3)24(22)15-19(27(29)32)13-18-5-8-26(33-4)25(30)14-18/h5-6,8,13-14,21-24H,7,9-12,15-16H2,1-4H3/b19-13+/t21-,22+,23-,24-,28-,29-/m0/s1. The van der Waals surface area contributed by atoms with Crippen molar-refractivity contribution in [3.05, 3.63) is 44.6 Å². The zero-order chi connectivity index (χ0) is 24.3. The molecule has 5 heteroatoms. The highest BCUT2D eigenvalue weighted by Crippen LogP contribution is 2.64. The van der Waals surface area contributed by atoms with E-state index in [0.29, 0.717) is 23.5 Å². The van der Waals surface area contributed by atoms with Crippen LogP contribution in [0.15, 0.2) is 35.4 Å². The normalized spacial score (nSPS) is 38.0. The van der Waals surface area contributed by atoms with Gasteiger partial charge in [0.1, 0.15) is 11.9 Å². The highest BCUT2D eigenvalue weighted by molar-refractivity contribution is 14.1. The van der Waals surface area contributed by atoms with E-state index in [1.54, 1.807) is 7.11 Å². The molecule has 0 bridgehead atoms. The van der Waals surface area contributed by atoms with Gasteiger partial charge in [-0.3, -0.25) is 9.59 Å². The SMILES string of the molecule is COc1ccc(/C=C2\C[C@H]3[C@@H]4CC=C5C[C@@H](OC(C)=O)CC[C@]5(C)[C@H]4CC[C@]3(C)C2=O)cc1I. The number of rotatable bonds is 3. The second-order valence-corrected chi connectivity index (χ2v) is 12.4. The number of ketones is 1. The number of hydrogen-bond donors (Lipinski definition) is 0. The lowest BCUT2D eigenvalue weighted by Crippen LogP contribution is -2.50. The predicted octanol–water partition coefficient (Wildman–Crippen LogP) is 6.76. The van der Waals surface area contributed by atoms with Gasteiger partial charge in [-0.05, 0) is 114 Å². The summed E-state index contributed by atoms with van der Waals surface area (Å²) in [5.41, 5.74) is 3.48. The van der Waals surface area contributed by atoms with Crippen molar-refractivity contribution in [1.29, 1.82) is 0 Å². The number of allylic oxidation sites excluding steroid dienone is 2. The van der Waals surface area contributed by atoms with Crippen molar-refractivity contribution in [1.82, 2.24) is 0 Å². The molecule has 0 unspecified atom stereocenters. The van der Waals surface area contributed by atoms with Crippen LogP contribution in [0, 0.1) is 32.2 Å². The van der Waals surface area contributed by atoms with Crippen LogP contribution in [0.2, 0.25) is 0 Å². The number of Topliss-reactive ketones (excluding diaryl/α,β-unsaturated/α-hetero) is 1. The first-order valence-corrected chi connectivity index (χ1v) is 13.7. The van der Waals surface area contributed by atoms with E-state index in [9.17, 15) is 9.59 Å². The molecule has 6 atom stereocenters. The maximum Gasteiger partial charge on any atom is 0.302 e. The lowest BCUT2D eigenvalue weighted by Gasteiger charge is -2.56. The van der Waals surface area contributed by atoms with E-state index in [1.807, 2.05) is 12.1 Å². The molecule has 5 rings (SSSR count). The topological polar surface area (TPSA) is 52.6 Å². The van der Waals surface area contributed by atoms with Crippen LogP contribution in [-0.4, -0.2) is 25.0 Å². The molecule has 0 aliphatic heterocycles. The van der Waals surface area contributed by atoms with Crippen molar-refractivity contribution < 1.29 is 19.1 Å². The van der Waals surface area contributed by atoms with Crippen LogP contribution in [0.1, 0.15) is 71.3 Å². The van der Waals surface area contributed by atoms with Crippen molar-refractivity contribution in [3.8, 4) is 5.75 Å². The number of ether oxygens (including phenoxy) is 2. The average molecular weight is 574 g/mol. The first-order chi connectivity index (χ1) is 16.2. The number of carbonyl (C=O) groups is 2. The van der Waals surface area contributed by atoms with Crippen LogP contribution < -0.4 is 4.74 Å². The van der Waals surface area contributed by atoms with Crippen LogP contribution in [0.5, 0.6) is 5.75 Å². The monoisotopic (exact) mass is 574 g/mol. The second kappa shape index (κ2) is 8.79. The van der Waals surface area contributed by atoms with Crippen LogP contribution >= 0.6 is 22.6 Å². The fourth-order valence-electron chi connectivity index (χ4n) is 7.74. The lowest BCUT2D eigenvalue weighted by molar-refractivity contribution is -0.148. The van der Waals surface area contributed by atoms with Gasteiger partial charge < -0.3 is 9.47 Å². The molecule has 1 aromatic carbocycles. The highest BCUT2D eigenvalue weighted by atomic mass is 127. The number of esters is 1. The zero-order valence-electron chi connectivity index (χ0n) is 20.7. The minimum Gasteiger partial charge on any atom is -0.496 e. The van der Waals surface area contributed by atoms with Crippen LogP contribution in [0.25, 0.3) is 6.08 Å². The predicted molar refractivity (Wildman–Crippen MR) is 141 cm³/mol. The summed E-state index contributed by atoms with van der Waals surface area (Å²) < 4.78 is 12.0. The molecular formula is C29H35IO4. The van der Waals surface area contributed by atoms with E-state index in [-0.39, 0.29) is 22.9 Å². The fourth-order valence-corrected chi connectivity index (χ4v) is 8.50. The van der Waals surface area contributed by atoms with Gasteiger partial charge in [-0.25, -0.2) is 0 Å². The Bertz CT molecular complexity index is 1090. The highest BCUT2D eigenvalue weighted by Gasteiger charge is 2.60. The summed E-state index contributed by atoms with van der Waals surface area (Å²) in [4.78, 5) is 25.2. The zero-order valence-corrected chi connectivity index (χ0v) is 22.8. The van der Waals surface area contributed by atoms with E-state index in [0.717, 1.165) is 65.4 Å². The van der Waals surface area contributed by atoms with Gasteiger partial charge in [0.15, 0.2) is 5.78 Å². The molecule has 0 radical (unpaired) electrons. The van der Waals surface area contributed by atoms with E-state index in [1.165, 1.54) is 12.5 Å². The van der Waals surface area contributed by atoms with Crippen LogP contribution in [-0.2, 0) is 14.3 Å². The lowest BCUT2D eigenvalue weighted by atomic mass is 9.48. The number of halogens is 1. The Balaban J connectivity index is 1.41. The van der Waals surface area contributed by atoms with Gasteiger partial charge in [-0.1, -0.05) is 31.6 Å². The molecule has 1 aromatic rings. The molecule has 0 amide bonds. The Morgan fingerprint density at radius 1 is 1.12 bits per heavy atom. The minimum absolute atomic E-state index is 0.0251. The minimum atomic E-state index is -0.247. The molecule has 4 nitrogen and oxygen atoms in total. The summed E-state index contributed by atoms with van der Waals surface area (Å²) in [6.07, 6.45) is 11.5. The van der Waals surface area contributed by atoms with Crippen LogP contribution in [0.4, 0.5) is 0 Å². The number of fused-ring (bicyclic) bond motifs is 5. The maximum atomic E-state index is 13.7. The third-order valence-electron chi connectivity index (χ3n) is 9.55. The largest absolute Gasteiger partial charge is 0.496 e. The average Bonchev–Trinajstić information content (AvgIpc) is 3.04. The summed E-state index contributed by atoms with van der Waals surface area (Å²) in [5, 5.41) is 0. The van der Waals surface area contributed by atoms with Gasteiger partial charge in [0.25, 0.3) is 0 Å². The summed E-state index contributed by atoms with van der Waals surface area (Å²) in [7, 11) is 1.69. The van der Waals surface area contributed by atoms with E-state index in [4.69, 9.17) is 9.47 Å².